The molecule has 28 heavy (non-hydrogen) atoms. The van der Waals surface area contributed by atoms with Gasteiger partial charge in [0.1, 0.15) is 11.4 Å². The minimum Gasteiger partial charge on any atom is -0.463 e. The second-order valence-electron chi connectivity index (χ2n) is 6.90. The summed E-state index contributed by atoms with van der Waals surface area (Å²) in [7, 11) is 0. The summed E-state index contributed by atoms with van der Waals surface area (Å²) in [6.45, 7) is 2.82. The van der Waals surface area contributed by atoms with Gasteiger partial charge in [0.2, 0.25) is 0 Å². The lowest BCUT2D eigenvalue weighted by Gasteiger charge is -2.22. The largest absolute Gasteiger partial charge is 0.463 e. The topological polar surface area (TPSA) is 72.1 Å². The summed E-state index contributed by atoms with van der Waals surface area (Å²) in [5, 5.41) is 11.1. The number of nitrogens with one attached hydrogen (secondary N) is 2. The summed E-state index contributed by atoms with van der Waals surface area (Å²) >= 11 is 0. The highest BCUT2D eigenvalue weighted by Crippen LogP contribution is 2.22. The van der Waals surface area contributed by atoms with Crippen LogP contribution in [0.15, 0.2) is 59.2 Å². The zero-order valence-corrected chi connectivity index (χ0v) is 16.5. The summed E-state index contributed by atoms with van der Waals surface area (Å²) < 4.78 is 7.13. The van der Waals surface area contributed by atoms with Gasteiger partial charge in [-0.2, -0.15) is 5.10 Å². The van der Waals surface area contributed by atoms with Crippen LogP contribution in [0.3, 0.4) is 0 Å². The number of furan rings is 1. The molecule has 1 fully saturated rings. The number of aromatic nitrogens is 2. The first kappa shape index (κ1) is 20.2. The number of hydrogen-bond acceptors (Lipinski definition) is 4. The highest BCUT2D eigenvalue weighted by atomic mass is 35.5. The minimum atomic E-state index is -0.118. The summed E-state index contributed by atoms with van der Waals surface area (Å²) in [6, 6.07) is 15.1. The van der Waals surface area contributed by atoms with Gasteiger partial charge < -0.3 is 15.1 Å². The van der Waals surface area contributed by atoms with Crippen LogP contribution in [-0.4, -0.2) is 35.3 Å². The van der Waals surface area contributed by atoms with Crippen LogP contribution in [0.4, 0.5) is 0 Å². The molecule has 0 aliphatic carbocycles. The van der Waals surface area contributed by atoms with Crippen LogP contribution in [0.1, 0.15) is 29.8 Å². The number of para-hydroxylation sites is 1. The quantitative estimate of drug-likeness (QED) is 0.662. The van der Waals surface area contributed by atoms with E-state index < -0.39 is 0 Å². The lowest BCUT2D eigenvalue weighted by Crippen LogP contribution is -2.33. The van der Waals surface area contributed by atoms with E-state index in [1.165, 1.54) is 12.8 Å². The monoisotopic (exact) mass is 400 g/mol. The molecule has 3 heterocycles. The van der Waals surface area contributed by atoms with E-state index in [0.717, 1.165) is 25.2 Å². The summed E-state index contributed by atoms with van der Waals surface area (Å²) in [5.41, 5.74) is 2.00. The average Bonchev–Trinajstić information content (AvgIpc) is 3.39. The molecule has 1 saturated heterocycles. The van der Waals surface area contributed by atoms with Gasteiger partial charge in [0, 0.05) is 12.6 Å². The zero-order chi connectivity index (χ0) is 18.5. The Morgan fingerprint density at radius 1 is 1.25 bits per heavy atom. The van der Waals surface area contributed by atoms with E-state index in [4.69, 9.17) is 4.42 Å². The Morgan fingerprint density at radius 2 is 2.11 bits per heavy atom. The molecule has 1 amide bonds. The maximum absolute atomic E-state index is 12.8. The number of piperidine rings is 1. The molecule has 1 aliphatic heterocycles. The van der Waals surface area contributed by atoms with E-state index in [-0.39, 0.29) is 18.3 Å². The van der Waals surface area contributed by atoms with Crippen molar-refractivity contribution in [2.45, 2.75) is 19.3 Å². The molecule has 2 N–H and O–H groups in total. The van der Waals surface area contributed by atoms with Crippen molar-refractivity contribution in [1.82, 2.24) is 20.4 Å². The Hall–Kier alpha value is -2.57. The molecule has 4 rings (SSSR count). The predicted molar refractivity (Wildman–Crippen MR) is 111 cm³/mol. The van der Waals surface area contributed by atoms with Crippen LogP contribution in [0, 0.1) is 5.92 Å². The van der Waals surface area contributed by atoms with E-state index >= 15 is 0 Å². The van der Waals surface area contributed by atoms with Gasteiger partial charge in [-0.25, -0.2) is 4.68 Å². The molecule has 0 spiro atoms. The van der Waals surface area contributed by atoms with Gasteiger partial charge in [-0.05, 0) is 62.5 Å². The molecule has 0 radical (unpaired) electrons. The van der Waals surface area contributed by atoms with Crippen LogP contribution in [0.2, 0.25) is 0 Å². The highest BCUT2D eigenvalue weighted by Gasteiger charge is 2.19. The first-order chi connectivity index (χ1) is 13.3. The molecule has 6 nitrogen and oxygen atoms in total. The average molecular weight is 401 g/mol. The third-order valence-electron chi connectivity index (χ3n) is 4.95. The Kier molecular flexibility index (Phi) is 6.90. The number of carbonyl (C=O) groups excluding carboxylic acids is 1. The van der Waals surface area contributed by atoms with E-state index in [0.29, 0.717) is 29.6 Å². The number of benzene rings is 1. The van der Waals surface area contributed by atoms with Crippen LogP contribution in [0.5, 0.6) is 0 Å². The van der Waals surface area contributed by atoms with Gasteiger partial charge in [0.15, 0.2) is 5.76 Å². The fourth-order valence-electron chi connectivity index (χ4n) is 3.50. The highest BCUT2D eigenvalue weighted by molar-refractivity contribution is 5.94. The van der Waals surface area contributed by atoms with E-state index in [1.807, 2.05) is 42.5 Å². The number of amides is 1. The Balaban J connectivity index is 0.00000225. The standard InChI is InChI=1S/C21H24N4O2.ClH/c26-21(23-12-10-16-6-4-11-22-15-16)19-14-18(20-9-5-13-27-20)24-25(19)17-7-2-1-3-8-17;/h1-3,5,7-9,13-14,16,22H,4,6,10-12,15H2,(H,23,26);1H. The van der Waals surface area contributed by atoms with Crippen molar-refractivity contribution < 1.29 is 9.21 Å². The third-order valence-corrected chi connectivity index (χ3v) is 4.95. The Bertz CT molecular complexity index is 871. The molecule has 148 valence electrons. The fraction of sp³-hybridized carbons (Fsp3) is 0.333. The first-order valence-electron chi connectivity index (χ1n) is 9.49. The zero-order valence-electron chi connectivity index (χ0n) is 15.6. The summed E-state index contributed by atoms with van der Waals surface area (Å²) in [4.78, 5) is 12.8. The third kappa shape index (κ3) is 4.64. The maximum Gasteiger partial charge on any atom is 0.270 e. The number of rotatable bonds is 6. The van der Waals surface area contributed by atoms with Crippen LogP contribution >= 0.6 is 12.4 Å². The van der Waals surface area contributed by atoms with Gasteiger partial charge in [-0.3, -0.25) is 4.79 Å². The van der Waals surface area contributed by atoms with E-state index in [2.05, 4.69) is 15.7 Å². The van der Waals surface area contributed by atoms with Crippen molar-refractivity contribution in [3.8, 4) is 17.1 Å². The molecule has 1 aliphatic rings. The summed E-state index contributed by atoms with van der Waals surface area (Å²) in [5.74, 6) is 1.16. The molecule has 2 aromatic heterocycles. The number of halogens is 1. The van der Waals surface area contributed by atoms with E-state index in [1.54, 1.807) is 17.0 Å². The van der Waals surface area contributed by atoms with Crippen LogP contribution in [-0.2, 0) is 0 Å². The molecular weight excluding hydrogens is 376 g/mol. The molecule has 0 bridgehead atoms. The lowest BCUT2D eigenvalue weighted by molar-refractivity contribution is 0.0943. The Morgan fingerprint density at radius 3 is 2.82 bits per heavy atom. The summed E-state index contributed by atoms with van der Waals surface area (Å²) in [6.07, 6.45) is 5.04. The molecule has 3 aromatic rings. The van der Waals surface area contributed by atoms with Gasteiger partial charge in [0.05, 0.1) is 12.0 Å². The smallest absolute Gasteiger partial charge is 0.270 e. The van der Waals surface area contributed by atoms with Gasteiger partial charge in [-0.1, -0.05) is 18.2 Å². The van der Waals surface area contributed by atoms with Crippen LogP contribution in [0.25, 0.3) is 17.1 Å². The molecule has 0 saturated carbocycles. The molecule has 7 heteroatoms. The van der Waals surface area contributed by atoms with Gasteiger partial charge in [0.25, 0.3) is 5.91 Å². The van der Waals surface area contributed by atoms with Crippen molar-refractivity contribution >= 4 is 18.3 Å². The molecule has 1 aromatic carbocycles. The molecular formula is C21H25ClN4O2. The predicted octanol–water partition coefficient (Wildman–Crippen LogP) is 3.67. The Labute approximate surface area is 170 Å². The van der Waals surface area contributed by atoms with Crippen molar-refractivity contribution in [3.63, 3.8) is 0 Å². The second-order valence-corrected chi connectivity index (χ2v) is 6.90. The fourth-order valence-corrected chi connectivity index (χ4v) is 3.50. The van der Waals surface area contributed by atoms with Crippen LogP contribution < -0.4 is 10.6 Å². The van der Waals surface area contributed by atoms with Crippen molar-refractivity contribution in [1.29, 1.82) is 0 Å². The van der Waals surface area contributed by atoms with Gasteiger partial charge in [-0.15, -0.1) is 12.4 Å². The maximum atomic E-state index is 12.8. The van der Waals surface area contributed by atoms with Crippen molar-refractivity contribution in [2.75, 3.05) is 19.6 Å². The molecule has 1 unspecified atom stereocenters. The second kappa shape index (κ2) is 9.57. The van der Waals surface area contributed by atoms with Crippen molar-refractivity contribution in [2.24, 2.45) is 5.92 Å². The number of carbonyl (C=O) groups is 1. The SMILES string of the molecule is Cl.O=C(NCCC1CCCNC1)c1cc(-c2ccco2)nn1-c1ccccc1. The first-order valence-corrected chi connectivity index (χ1v) is 9.49. The van der Waals surface area contributed by atoms with Crippen molar-refractivity contribution in [3.05, 3.63) is 60.5 Å². The van der Waals surface area contributed by atoms with E-state index in [9.17, 15) is 4.79 Å². The number of nitrogens with zero attached hydrogens (tertiary/aromatic N) is 2. The lowest BCUT2D eigenvalue weighted by atomic mass is 9.96. The number of hydrogen-bond donors (Lipinski definition) is 2. The molecule has 1 atom stereocenters. The normalized spacial score (nSPS) is 16.4. The minimum absolute atomic E-state index is 0. The van der Waals surface area contributed by atoms with Gasteiger partial charge >= 0.3 is 0 Å².